The standard InChI is InChI=1S/C18H30OS/c1-2-3-4-5-6-7-8-9-12-16(19)18-14-15-11-10-13-17(15)20-18/h14,16,19H,2-13H2,1H3. The van der Waals surface area contributed by atoms with E-state index in [1.54, 1.807) is 0 Å². The molecule has 2 rings (SSSR count). The number of hydrogen-bond donors (Lipinski definition) is 1. The predicted molar refractivity (Wildman–Crippen MR) is 88.5 cm³/mol. The molecule has 0 amide bonds. The number of hydrogen-bond acceptors (Lipinski definition) is 2. The van der Waals surface area contributed by atoms with Gasteiger partial charge in [0.15, 0.2) is 0 Å². The fraction of sp³-hybridized carbons (Fsp3) is 0.778. The average Bonchev–Trinajstić information content (AvgIpc) is 3.02. The molecule has 0 saturated carbocycles. The van der Waals surface area contributed by atoms with Gasteiger partial charge in [-0.2, -0.15) is 0 Å². The van der Waals surface area contributed by atoms with Crippen molar-refractivity contribution in [3.63, 3.8) is 0 Å². The number of aryl methyl sites for hydroxylation is 2. The van der Waals surface area contributed by atoms with E-state index in [9.17, 15) is 5.11 Å². The van der Waals surface area contributed by atoms with Crippen molar-refractivity contribution in [1.29, 1.82) is 0 Å². The van der Waals surface area contributed by atoms with E-state index in [1.807, 2.05) is 11.3 Å². The first kappa shape index (κ1) is 16.0. The van der Waals surface area contributed by atoms with Gasteiger partial charge >= 0.3 is 0 Å². The van der Waals surface area contributed by atoms with Crippen LogP contribution in [-0.4, -0.2) is 5.11 Å². The van der Waals surface area contributed by atoms with Crippen LogP contribution in [0.4, 0.5) is 0 Å². The van der Waals surface area contributed by atoms with Crippen LogP contribution in [0.3, 0.4) is 0 Å². The van der Waals surface area contributed by atoms with E-state index < -0.39 is 0 Å². The van der Waals surface area contributed by atoms with Gasteiger partial charge in [0.1, 0.15) is 0 Å². The molecule has 0 bridgehead atoms. The molecular formula is C18H30OS. The summed E-state index contributed by atoms with van der Waals surface area (Å²) in [5.41, 5.74) is 1.51. The summed E-state index contributed by atoms with van der Waals surface area (Å²) >= 11 is 1.86. The lowest BCUT2D eigenvalue weighted by molar-refractivity contribution is 0.167. The van der Waals surface area contributed by atoms with Crippen molar-refractivity contribution in [2.24, 2.45) is 0 Å². The van der Waals surface area contributed by atoms with Gasteiger partial charge in [-0.15, -0.1) is 11.3 Å². The summed E-state index contributed by atoms with van der Waals surface area (Å²) in [7, 11) is 0. The van der Waals surface area contributed by atoms with Crippen molar-refractivity contribution in [1.82, 2.24) is 0 Å². The van der Waals surface area contributed by atoms with Gasteiger partial charge in [0.2, 0.25) is 0 Å². The Labute approximate surface area is 128 Å². The lowest BCUT2D eigenvalue weighted by Crippen LogP contribution is -1.94. The maximum absolute atomic E-state index is 10.3. The Morgan fingerprint density at radius 2 is 1.75 bits per heavy atom. The van der Waals surface area contributed by atoms with Crippen LogP contribution < -0.4 is 0 Å². The summed E-state index contributed by atoms with van der Waals surface area (Å²) < 4.78 is 0. The first-order valence-electron chi connectivity index (χ1n) is 8.60. The molecule has 1 unspecified atom stereocenters. The number of thiophene rings is 1. The molecule has 0 fully saturated rings. The van der Waals surface area contributed by atoms with Crippen molar-refractivity contribution < 1.29 is 5.11 Å². The molecule has 20 heavy (non-hydrogen) atoms. The van der Waals surface area contributed by atoms with Crippen molar-refractivity contribution >= 4 is 11.3 Å². The highest BCUT2D eigenvalue weighted by Crippen LogP contribution is 2.35. The van der Waals surface area contributed by atoms with Crippen molar-refractivity contribution in [3.8, 4) is 0 Å². The van der Waals surface area contributed by atoms with Gasteiger partial charge in [-0.05, 0) is 37.3 Å². The molecule has 0 aromatic carbocycles. The first-order valence-corrected chi connectivity index (χ1v) is 9.42. The molecule has 0 saturated heterocycles. The third kappa shape index (κ3) is 4.89. The fourth-order valence-corrected chi connectivity index (χ4v) is 4.41. The van der Waals surface area contributed by atoms with E-state index in [0.29, 0.717) is 0 Å². The molecule has 2 heteroatoms. The Balaban J connectivity index is 1.55. The van der Waals surface area contributed by atoms with E-state index in [4.69, 9.17) is 0 Å². The maximum atomic E-state index is 10.3. The third-order valence-electron chi connectivity index (χ3n) is 4.43. The molecule has 114 valence electrons. The van der Waals surface area contributed by atoms with E-state index in [0.717, 1.165) is 6.42 Å². The predicted octanol–water partition coefficient (Wildman–Crippen LogP) is 5.80. The first-order chi connectivity index (χ1) is 9.81. The minimum absolute atomic E-state index is 0.203. The van der Waals surface area contributed by atoms with Crippen LogP contribution in [-0.2, 0) is 12.8 Å². The Kier molecular flexibility index (Phi) is 7.09. The third-order valence-corrected chi connectivity index (χ3v) is 5.76. The normalized spacial score (nSPS) is 15.5. The zero-order valence-electron chi connectivity index (χ0n) is 13.0. The molecule has 1 heterocycles. The SMILES string of the molecule is CCCCCCCCCCC(O)c1cc2c(s1)CCC2. The number of aliphatic hydroxyl groups is 1. The van der Waals surface area contributed by atoms with Crippen molar-refractivity contribution in [3.05, 3.63) is 21.4 Å². The summed E-state index contributed by atoms with van der Waals surface area (Å²) in [6.07, 6.45) is 15.2. The molecule has 0 spiro atoms. The van der Waals surface area contributed by atoms with Gasteiger partial charge < -0.3 is 5.11 Å². The topological polar surface area (TPSA) is 20.2 Å². The Bertz CT molecular complexity index is 361. The van der Waals surface area contributed by atoms with Gasteiger partial charge in [-0.3, -0.25) is 0 Å². The average molecular weight is 295 g/mol. The summed E-state index contributed by atoms with van der Waals surface area (Å²) in [4.78, 5) is 2.76. The molecule has 1 aliphatic rings. The number of fused-ring (bicyclic) bond motifs is 1. The molecule has 1 N–H and O–H groups in total. The molecular weight excluding hydrogens is 264 g/mol. The lowest BCUT2D eigenvalue weighted by atomic mass is 10.0. The van der Waals surface area contributed by atoms with Crippen LogP contribution in [0.25, 0.3) is 0 Å². The van der Waals surface area contributed by atoms with E-state index in [2.05, 4.69) is 13.0 Å². The Hall–Kier alpha value is -0.340. The summed E-state index contributed by atoms with van der Waals surface area (Å²) in [6, 6.07) is 2.27. The maximum Gasteiger partial charge on any atom is 0.0882 e. The minimum Gasteiger partial charge on any atom is -0.388 e. The van der Waals surface area contributed by atoms with Gasteiger partial charge in [-0.25, -0.2) is 0 Å². The lowest BCUT2D eigenvalue weighted by Gasteiger charge is -2.08. The second kappa shape index (κ2) is 8.84. The van der Waals surface area contributed by atoms with E-state index in [-0.39, 0.29) is 6.10 Å². The molecule has 0 radical (unpaired) electrons. The molecule has 1 aromatic rings. The highest BCUT2D eigenvalue weighted by atomic mass is 32.1. The Morgan fingerprint density at radius 1 is 1.05 bits per heavy atom. The fourth-order valence-electron chi connectivity index (χ4n) is 3.13. The summed E-state index contributed by atoms with van der Waals surface area (Å²) in [5, 5.41) is 10.3. The van der Waals surface area contributed by atoms with Crippen LogP contribution in [0.5, 0.6) is 0 Å². The van der Waals surface area contributed by atoms with Gasteiger partial charge in [-0.1, -0.05) is 58.3 Å². The number of unbranched alkanes of at least 4 members (excludes halogenated alkanes) is 7. The van der Waals surface area contributed by atoms with Crippen LogP contribution in [0.2, 0.25) is 0 Å². The largest absolute Gasteiger partial charge is 0.388 e. The minimum atomic E-state index is -0.203. The van der Waals surface area contributed by atoms with Gasteiger partial charge in [0, 0.05) is 9.75 Å². The van der Waals surface area contributed by atoms with Gasteiger partial charge in [0.05, 0.1) is 6.10 Å². The van der Waals surface area contributed by atoms with Crippen LogP contribution in [0.15, 0.2) is 6.07 Å². The second-order valence-corrected chi connectivity index (χ2v) is 7.40. The quantitative estimate of drug-likeness (QED) is 0.541. The molecule has 1 aromatic heterocycles. The van der Waals surface area contributed by atoms with Crippen LogP contribution >= 0.6 is 11.3 Å². The van der Waals surface area contributed by atoms with E-state index >= 15 is 0 Å². The second-order valence-electron chi connectivity index (χ2n) is 6.23. The molecule has 1 aliphatic carbocycles. The molecule has 0 aliphatic heterocycles. The zero-order valence-corrected chi connectivity index (χ0v) is 13.8. The van der Waals surface area contributed by atoms with Gasteiger partial charge in [0.25, 0.3) is 0 Å². The van der Waals surface area contributed by atoms with Crippen molar-refractivity contribution in [2.45, 2.75) is 90.1 Å². The summed E-state index contributed by atoms with van der Waals surface area (Å²) in [6.45, 7) is 2.27. The number of aliphatic hydroxyl groups excluding tert-OH is 1. The highest BCUT2D eigenvalue weighted by Gasteiger charge is 2.18. The van der Waals surface area contributed by atoms with Crippen LogP contribution in [0, 0.1) is 0 Å². The van der Waals surface area contributed by atoms with Crippen LogP contribution in [0.1, 0.15) is 92.6 Å². The summed E-state index contributed by atoms with van der Waals surface area (Å²) in [5.74, 6) is 0. The van der Waals surface area contributed by atoms with Crippen molar-refractivity contribution in [2.75, 3.05) is 0 Å². The number of rotatable bonds is 10. The van der Waals surface area contributed by atoms with E-state index in [1.165, 1.54) is 85.9 Å². The Morgan fingerprint density at radius 3 is 2.45 bits per heavy atom. The highest BCUT2D eigenvalue weighted by molar-refractivity contribution is 7.12. The zero-order chi connectivity index (χ0) is 14.2. The molecule has 1 nitrogen and oxygen atoms in total. The molecule has 1 atom stereocenters. The smallest absolute Gasteiger partial charge is 0.0882 e. The monoisotopic (exact) mass is 294 g/mol.